The lowest BCUT2D eigenvalue weighted by Gasteiger charge is -2.46. The summed E-state index contributed by atoms with van der Waals surface area (Å²) >= 11 is 0. The summed E-state index contributed by atoms with van der Waals surface area (Å²) in [5.74, 6) is 0.253. The predicted octanol–water partition coefficient (Wildman–Crippen LogP) is 5.45. The van der Waals surface area contributed by atoms with Crippen LogP contribution in [0.15, 0.2) is 17.7 Å². The van der Waals surface area contributed by atoms with Crippen molar-refractivity contribution in [2.24, 2.45) is 5.92 Å². The Balaban J connectivity index is 2.15. The Morgan fingerprint density at radius 3 is 2.79 bits per heavy atom. The highest BCUT2D eigenvalue weighted by molar-refractivity contribution is 5.95. The number of aromatic hydroxyl groups is 1. The van der Waals surface area contributed by atoms with Gasteiger partial charge in [0.25, 0.3) is 0 Å². The number of aryl methyl sites for hydroxylation is 1. The average molecular weight is 389 g/mol. The van der Waals surface area contributed by atoms with Crippen molar-refractivity contribution in [3.8, 4) is 11.5 Å². The van der Waals surface area contributed by atoms with Crippen molar-refractivity contribution in [1.29, 1.82) is 0 Å². The van der Waals surface area contributed by atoms with Gasteiger partial charge < -0.3 is 9.84 Å². The average Bonchev–Trinajstić information content (AvgIpc) is 2.61. The molecule has 2 atom stereocenters. The van der Waals surface area contributed by atoms with Crippen LogP contribution in [0.5, 0.6) is 11.5 Å². The fraction of sp³-hybridized carbons (Fsp3) is 0.609. The maximum Gasteiger partial charge on any atom is 0.377 e. The van der Waals surface area contributed by atoms with Crippen LogP contribution in [-0.2, 0) is 16.2 Å². The molecule has 1 aliphatic carbocycles. The van der Waals surface area contributed by atoms with E-state index in [1.807, 2.05) is 6.07 Å². The summed E-state index contributed by atoms with van der Waals surface area (Å²) in [5.41, 5.74) is 2.62. The molecule has 0 unspecified atom stereocenters. The molecule has 1 heterocycles. The van der Waals surface area contributed by atoms with Gasteiger partial charge in [0.1, 0.15) is 22.7 Å². The van der Waals surface area contributed by atoms with Gasteiger partial charge in [0, 0.05) is 17.4 Å². The van der Waals surface area contributed by atoms with Gasteiger partial charge in [0.15, 0.2) is 0 Å². The fourth-order valence-corrected chi connectivity index (χ4v) is 4.72. The number of phenols is 1. The quantitative estimate of drug-likeness (QED) is 0.304. The first-order chi connectivity index (χ1) is 13.3. The SMILES string of the molecule is CCCCCc1cc2c(c(O)c1C(=O)OOC)[C@@H]1C=C(C)CC[C@H]1C(C)(C)O2. The number of rotatable bonds is 6. The minimum atomic E-state index is -0.660. The Morgan fingerprint density at radius 2 is 2.11 bits per heavy atom. The molecular formula is C23H32O5. The van der Waals surface area contributed by atoms with E-state index in [4.69, 9.17) is 9.62 Å². The zero-order chi connectivity index (χ0) is 20.5. The van der Waals surface area contributed by atoms with Crippen LogP contribution in [0.3, 0.4) is 0 Å². The lowest BCUT2D eigenvalue weighted by Crippen LogP contribution is -2.45. The normalized spacial score (nSPS) is 22.5. The molecular weight excluding hydrogens is 356 g/mol. The van der Waals surface area contributed by atoms with Crippen molar-refractivity contribution in [3.05, 3.63) is 34.4 Å². The number of fused-ring (bicyclic) bond motifs is 3. The second kappa shape index (κ2) is 8.16. The molecule has 0 spiro atoms. The Hall–Kier alpha value is -2.01. The second-order valence-corrected chi connectivity index (χ2v) is 8.56. The van der Waals surface area contributed by atoms with E-state index in [0.29, 0.717) is 17.7 Å². The van der Waals surface area contributed by atoms with Crippen LogP contribution >= 0.6 is 0 Å². The third kappa shape index (κ3) is 3.77. The maximum atomic E-state index is 12.6. The lowest BCUT2D eigenvalue weighted by molar-refractivity contribution is -0.216. The third-order valence-electron chi connectivity index (χ3n) is 6.14. The van der Waals surface area contributed by atoms with E-state index in [1.165, 1.54) is 12.7 Å². The zero-order valence-corrected chi connectivity index (χ0v) is 17.6. The number of phenolic OH excluding ortho intramolecular Hbond substituents is 1. The van der Waals surface area contributed by atoms with Crippen LogP contribution in [0.1, 0.15) is 87.2 Å². The topological polar surface area (TPSA) is 65.0 Å². The molecule has 5 heteroatoms. The highest BCUT2D eigenvalue weighted by Crippen LogP contribution is 2.54. The van der Waals surface area contributed by atoms with E-state index in [0.717, 1.165) is 37.7 Å². The van der Waals surface area contributed by atoms with Crippen LogP contribution in [0, 0.1) is 5.92 Å². The number of carbonyl (C=O) groups is 1. The molecule has 2 aliphatic rings. The van der Waals surface area contributed by atoms with Gasteiger partial charge in [-0.2, -0.15) is 4.89 Å². The highest BCUT2D eigenvalue weighted by atomic mass is 17.2. The summed E-state index contributed by atoms with van der Waals surface area (Å²) in [5, 5.41) is 11.2. The Labute approximate surface area is 167 Å². The number of allylic oxidation sites excluding steroid dienone is 2. The standard InChI is InChI=1S/C23H32O5/c1-6-7-8-9-15-13-18-20(21(24)19(15)22(25)28-26-5)16-12-14(2)10-11-17(16)23(3,4)27-18/h12-13,16-17,24H,6-11H2,1-5H3/t16-,17-/m1/s1. The number of benzene rings is 1. The van der Waals surface area contributed by atoms with E-state index < -0.39 is 5.97 Å². The van der Waals surface area contributed by atoms with E-state index in [1.54, 1.807) is 0 Å². The highest BCUT2D eigenvalue weighted by Gasteiger charge is 2.46. The molecule has 0 fully saturated rings. The number of carbonyl (C=O) groups excluding carboxylic acids is 1. The van der Waals surface area contributed by atoms with Crippen molar-refractivity contribution in [2.45, 2.75) is 77.7 Å². The van der Waals surface area contributed by atoms with Crippen molar-refractivity contribution in [1.82, 2.24) is 0 Å². The van der Waals surface area contributed by atoms with Crippen molar-refractivity contribution in [2.75, 3.05) is 7.11 Å². The number of hydrogen-bond donors (Lipinski definition) is 1. The van der Waals surface area contributed by atoms with Gasteiger partial charge in [-0.3, -0.25) is 4.89 Å². The molecule has 28 heavy (non-hydrogen) atoms. The molecule has 1 N–H and O–H groups in total. The van der Waals surface area contributed by atoms with Gasteiger partial charge in [-0.25, -0.2) is 4.79 Å². The molecule has 3 rings (SSSR count). The van der Waals surface area contributed by atoms with Crippen molar-refractivity contribution >= 4 is 5.97 Å². The van der Waals surface area contributed by atoms with Gasteiger partial charge in [-0.05, 0) is 58.1 Å². The molecule has 0 saturated heterocycles. The largest absolute Gasteiger partial charge is 0.507 e. The number of hydrogen-bond acceptors (Lipinski definition) is 5. The molecule has 0 bridgehead atoms. The molecule has 0 saturated carbocycles. The molecule has 0 amide bonds. The summed E-state index contributed by atoms with van der Waals surface area (Å²) in [4.78, 5) is 22.0. The lowest BCUT2D eigenvalue weighted by atomic mass is 9.67. The summed E-state index contributed by atoms with van der Waals surface area (Å²) in [6.07, 6.45) is 7.97. The number of ether oxygens (including phenoxy) is 1. The van der Waals surface area contributed by atoms with Crippen molar-refractivity contribution < 1.29 is 24.4 Å². The number of unbranched alkanes of at least 4 members (excludes halogenated alkanes) is 2. The first-order valence-corrected chi connectivity index (χ1v) is 10.3. The molecule has 0 aromatic heterocycles. The summed E-state index contributed by atoms with van der Waals surface area (Å²) < 4.78 is 6.37. The first kappa shape index (κ1) is 20.7. The van der Waals surface area contributed by atoms with E-state index in [2.05, 4.69) is 38.7 Å². The van der Waals surface area contributed by atoms with Gasteiger partial charge >= 0.3 is 5.97 Å². The summed E-state index contributed by atoms with van der Waals surface area (Å²) in [7, 11) is 1.29. The van der Waals surface area contributed by atoms with Gasteiger partial charge in [0.2, 0.25) is 0 Å². The first-order valence-electron chi connectivity index (χ1n) is 10.3. The second-order valence-electron chi connectivity index (χ2n) is 8.56. The molecule has 154 valence electrons. The van der Waals surface area contributed by atoms with Gasteiger partial charge in [-0.1, -0.05) is 31.4 Å². The Morgan fingerprint density at radius 1 is 1.36 bits per heavy atom. The summed E-state index contributed by atoms with van der Waals surface area (Å²) in [6.45, 7) is 8.48. The van der Waals surface area contributed by atoms with Crippen LogP contribution in [0.25, 0.3) is 0 Å². The molecule has 1 aliphatic heterocycles. The van der Waals surface area contributed by atoms with Crippen LogP contribution < -0.4 is 4.74 Å². The van der Waals surface area contributed by atoms with Crippen LogP contribution in [-0.4, -0.2) is 23.8 Å². The Bertz CT molecular complexity index is 778. The monoisotopic (exact) mass is 388 g/mol. The summed E-state index contributed by atoms with van der Waals surface area (Å²) in [6, 6.07) is 1.92. The predicted molar refractivity (Wildman–Crippen MR) is 108 cm³/mol. The van der Waals surface area contributed by atoms with Gasteiger partial charge in [-0.15, -0.1) is 0 Å². The van der Waals surface area contributed by atoms with E-state index in [9.17, 15) is 9.90 Å². The maximum absolute atomic E-state index is 12.6. The fourth-order valence-electron chi connectivity index (χ4n) is 4.72. The smallest absolute Gasteiger partial charge is 0.377 e. The molecule has 1 aromatic rings. The third-order valence-corrected chi connectivity index (χ3v) is 6.14. The molecule has 5 nitrogen and oxygen atoms in total. The van der Waals surface area contributed by atoms with E-state index >= 15 is 0 Å². The molecule has 0 radical (unpaired) electrons. The van der Waals surface area contributed by atoms with Crippen LogP contribution in [0.4, 0.5) is 0 Å². The molecule has 1 aromatic carbocycles. The van der Waals surface area contributed by atoms with Crippen molar-refractivity contribution in [3.63, 3.8) is 0 Å². The minimum absolute atomic E-state index is 0.0197. The minimum Gasteiger partial charge on any atom is -0.507 e. The van der Waals surface area contributed by atoms with E-state index in [-0.39, 0.29) is 28.7 Å². The van der Waals surface area contributed by atoms with Gasteiger partial charge in [0.05, 0.1) is 7.11 Å². The zero-order valence-electron chi connectivity index (χ0n) is 17.6. The van der Waals surface area contributed by atoms with Crippen LogP contribution in [0.2, 0.25) is 0 Å². The Kier molecular flexibility index (Phi) is 6.04.